The lowest BCUT2D eigenvalue weighted by Crippen LogP contribution is -2.39. The Bertz CT molecular complexity index is 597. The Hall–Kier alpha value is -0.570. The van der Waals surface area contributed by atoms with E-state index in [1.54, 1.807) is 21.6 Å². The molecule has 0 bridgehead atoms. The Morgan fingerprint density at radius 1 is 0.909 bits per heavy atom. The van der Waals surface area contributed by atoms with Crippen LogP contribution >= 0.6 is 21.6 Å². The third kappa shape index (κ3) is 13.8. The van der Waals surface area contributed by atoms with E-state index >= 15 is 0 Å². The molecule has 8 heteroatoms. The van der Waals surface area contributed by atoms with Crippen LogP contribution in [0.2, 0.25) is 0 Å². The Morgan fingerprint density at radius 2 is 1.61 bits per heavy atom. The van der Waals surface area contributed by atoms with Gasteiger partial charge in [-0.1, -0.05) is 35.4 Å². The molecule has 0 aromatic heterocycles. The smallest absolute Gasteiger partial charge is 0.223 e. The second-order valence-corrected chi connectivity index (χ2v) is 12.3. The van der Waals surface area contributed by atoms with Gasteiger partial charge in [-0.05, 0) is 53.4 Å². The molecule has 0 saturated carbocycles. The monoisotopic (exact) mass is 503 g/mol. The van der Waals surface area contributed by atoms with Gasteiger partial charge < -0.3 is 14.4 Å². The summed E-state index contributed by atoms with van der Waals surface area (Å²) in [5.74, 6) is 2.10. The van der Waals surface area contributed by atoms with Gasteiger partial charge >= 0.3 is 0 Å². The molecule has 1 saturated heterocycles. The van der Waals surface area contributed by atoms with E-state index in [0.29, 0.717) is 38.2 Å². The summed E-state index contributed by atoms with van der Waals surface area (Å²) in [5.41, 5.74) is 0. The van der Waals surface area contributed by atoms with Crippen LogP contribution in [0.5, 0.6) is 0 Å². The maximum Gasteiger partial charge on any atom is 0.223 e. The standard InChI is InChI=1S/C25H45NO5S2/c1-18(2)24(28)11-8-7-10-22(27)17-33-32-13-9-12-25(29)26-15-23(31-20(5)6)14-21(26)16-30-19(3)4/h18-21,23H,7-17H2,1-6H3/t21-,23+/m0/s1. The van der Waals surface area contributed by atoms with Crippen LogP contribution in [0.4, 0.5) is 0 Å². The summed E-state index contributed by atoms with van der Waals surface area (Å²) in [6.45, 7) is 13.1. The minimum Gasteiger partial charge on any atom is -0.377 e. The van der Waals surface area contributed by atoms with E-state index in [4.69, 9.17) is 9.47 Å². The Kier molecular flexibility index (Phi) is 15.7. The summed E-state index contributed by atoms with van der Waals surface area (Å²) in [6.07, 6.45) is 5.22. The van der Waals surface area contributed by atoms with Gasteiger partial charge in [0, 0.05) is 37.5 Å². The minimum atomic E-state index is 0.0779. The Balaban J connectivity index is 2.21. The number of rotatable bonds is 18. The average Bonchev–Trinajstić information content (AvgIpc) is 3.13. The SMILES string of the molecule is CC(C)OC[C@@H]1C[C@@H](OC(C)C)CN1C(=O)CCCSSCC(=O)CCCCC(=O)C(C)C. The van der Waals surface area contributed by atoms with Gasteiger partial charge in [0.2, 0.25) is 5.91 Å². The van der Waals surface area contributed by atoms with Crippen molar-refractivity contribution in [1.29, 1.82) is 0 Å². The number of nitrogens with zero attached hydrogens (tertiary/aromatic N) is 1. The van der Waals surface area contributed by atoms with E-state index in [9.17, 15) is 14.4 Å². The second-order valence-electron chi connectivity index (χ2n) is 9.68. The molecule has 33 heavy (non-hydrogen) atoms. The number of carbonyl (C=O) groups excluding carboxylic acids is 3. The molecule has 0 unspecified atom stereocenters. The summed E-state index contributed by atoms with van der Waals surface area (Å²) < 4.78 is 11.8. The van der Waals surface area contributed by atoms with Crippen LogP contribution in [-0.2, 0) is 23.9 Å². The van der Waals surface area contributed by atoms with Crippen molar-refractivity contribution in [3.05, 3.63) is 0 Å². The van der Waals surface area contributed by atoms with E-state index in [1.165, 1.54) is 0 Å². The molecule has 0 aromatic rings. The lowest BCUT2D eigenvalue weighted by atomic mass is 10.0. The van der Waals surface area contributed by atoms with Crippen LogP contribution in [0, 0.1) is 5.92 Å². The lowest BCUT2D eigenvalue weighted by molar-refractivity contribution is -0.134. The maximum atomic E-state index is 12.8. The fourth-order valence-corrected chi connectivity index (χ4v) is 5.79. The molecule has 1 heterocycles. The van der Waals surface area contributed by atoms with E-state index in [2.05, 4.69) is 0 Å². The van der Waals surface area contributed by atoms with Crippen LogP contribution < -0.4 is 0 Å². The van der Waals surface area contributed by atoms with Gasteiger partial charge in [-0.2, -0.15) is 0 Å². The van der Waals surface area contributed by atoms with Crippen molar-refractivity contribution in [3.8, 4) is 0 Å². The number of carbonyl (C=O) groups is 3. The highest BCUT2D eigenvalue weighted by Gasteiger charge is 2.36. The van der Waals surface area contributed by atoms with Gasteiger partial charge in [0.05, 0.1) is 36.7 Å². The van der Waals surface area contributed by atoms with Crippen molar-refractivity contribution < 1.29 is 23.9 Å². The number of unbranched alkanes of at least 4 members (excludes halogenated alkanes) is 1. The molecule has 0 N–H and O–H groups in total. The minimum absolute atomic E-state index is 0.0779. The molecule has 2 atom stereocenters. The van der Waals surface area contributed by atoms with Crippen molar-refractivity contribution in [2.24, 2.45) is 5.92 Å². The van der Waals surface area contributed by atoms with Crippen molar-refractivity contribution >= 4 is 39.1 Å². The number of likely N-dealkylation sites (tertiary alicyclic amines) is 1. The maximum absolute atomic E-state index is 12.8. The molecular weight excluding hydrogens is 458 g/mol. The van der Waals surface area contributed by atoms with Gasteiger partial charge in [0.15, 0.2) is 0 Å². The molecular formula is C25H45NO5S2. The molecule has 6 nitrogen and oxygen atoms in total. The Labute approximate surface area is 209 Å². The van der Waals surface area contributed by atoms with Crippen molar-refractivity contribution in [2.45, 2.75) is 111 Å². The van der Waals surface area contributed by atoms with E-state index < -0.39 is 0 Å². The number of ketones is 2. The molecule has 1 fully saturated rings. The third-order valence-corrected chi connectivity index (χ3v) is 7.89. The summed E-state index contributed by atoms with van der Waals surface area (Å²) >= 11 is 0. The highest BCUT2D eigenvalue weighted by atomic mass is 33.1. The summed E-state index contributed by atoms with van der Waals surface area (Å²) in [6, 6.07) is 0.0825. The molecule has 0 radical (unpaired) electrons. The quantitative estimate of drug-likeness (QED) is 0.185. The molecule has 0 spiro atoms. The van der Waals surface area contributed by atoms with E-state index in [1.807, 2.05) is 46.4 Å². The summed E-state index contributed by atoms with van der Waals surface area (Å²) in [5, 5.41) is 0. The number of amides is 1. The summed E-state index contributed by atoms with van der Waals surface area (Å²) in [4.78, 5) is 38.4. The lowest BCUT2D eigenvalue weighted by Gasteiger charge is -2.25. The van der Waals surface area contributed by atoms with Crippen LogP contribution in [0.3, 0.4) is 0 Å². The first-order chi connectivity index (χ1) is 15.6. The highest BCUT2D eigenvalue weighted by molar-refractivity contribution is 8.76. The van der Waals surface area contributed by atoms with Crippen LogP contribution in [0.1, 0.15) is 86.5 Å². The normalized spacial score (nSPS) is 18.6. The van der Waals surface area contributed by atoms with E-state index in [0.717, 1.165) is 31.4 Å². The van der Waals surface area contributed by atoms with Gasteiger partial charge in [0.25, 0.3) is 0 Å². The predicted octanol–water partition coefficient (Wildman–Crippen LogP) is 5.32. The van der Waals surface area contributed by atoms with Gasteiger partial charge in [-0.25, -0.2) is 0 Å². The average molecular weight is 504 g/mol. The zero-order valence-corrected chi connectivity index (χ0v) is 23.1. The second kappa shape index (κ2) is 17.0. The summed E-state index contributed by atoms with van der Waals surface area (Å²) in [7, 11) is 3.23. The Morgan fingerprint density at radius 3 is 2.24 bits per heavy atom. The van der Waals surface area contributed by atoms with E-state index in [-0.39, 0.29) is 47.7 Å². The number of Topliss-reactive ketones (excluding diaryl/α,β-unsaturated/α-hetero) is 2. The topological polar surface area (TPSA) is 72.9 Å². The largest absolute Gasteiger partial charge is 0.377 e. The fraction of sp³-hybridized carbons (Fsp3) is 0.880. The molecule has 192 valence electrons. The fourth-order valence-electron chi connectivity index (χ4n) is 3.70. The van der Waals surface area contributed by atoms with Crippen molar-refractivity contribution in [1.82, 2.24) is 4.90 Å². The molecule has 1 aliphatic rings. The highest BCUT2D eigenvalue weighted by Crippen LogP contribution is 2.26. The van der Waals surface area contributed by atoms with Gasteiger partial charge in [-0.15, -0.1) is 0 Å². The number of hydrogen-bond acceptors (Lipinski definition) is 7. The van der Waals surface area contributed by atoms with Crippen LogP contribution in [0.25, 0.3) is 0 Å². The first-order valence-electron chi connectivity index (χ1n) is 12.5. The molecule has 1 aliphatic heterocycles. The molecule has 0 aliphatic carbocycles. The third-order valence-electron chi connectivity index (χ3n) is 5.48. The van der Waals surface area contributed by atoms with Crippen LogP contribution in [-0.4, -0.2) is 71.4 Å². The van der Waals surface area contributed by atoms with Crippen LogP contribution in [0.15, 0.2) is 0 Å². The van der Waals surface area contributed by atoms with Crippen molar-refractivity contribution in [3.63, 3.8) is 0 Å². The predicted molar refractivity (Wildman–Crippen MR) is 139 cm³/mol. The van der Waals surface area contributed by atoms with Gasteiger partial charge in [0.1, 0.15) is 11.6 Å². The zero-order chi connectivity index (χ0) is 24.8. The van der Waals surface area contributed by atoms with Gasteiger partial charge in [-0.3, -0.25) is 14.4 Å². The zero-order valence-electron chi connectivity index (χ0n) is 21.5. The first-order valence-corrected chi connectivity index (χ1v) is 14.9. The molecule has 1 rings (SSSR count). The number of hydrogen-bond donors (Lipinski definition) is 0. The molecule has 1 amide bonds. The van der Waals surface area contributed by atoms with Crippen molar-refractivity contribution in [2.75, 3.05) is 24.7 Å². The number of ether oxygens (including phenoxy) is 2. The molecule has 0 aromatic carbocycles. The first kappa shape index (κ1) is 30.5.